The summed E-state index contributed by atoms with van der Waals surface area (Å²) in [7, 11) is 1.50. The highest BCUT2D eigenvalue weighted by Gasteiger charge is 2.41. The maximum atomic E-state index is 13.9. The van der Waals surface area contributed by atoms with Gasteiger partial charge in [-0.2, -0.15) is 0 Å². The van der Waals surface area contributed by atoms with Crippen LogP contribution in [0.3, 0.4) is 0 Å². The Labute approximate surface area is 168 Å². The molecule has 0 unspecified atom stereocenters. The first-order valence-electron chi connectivity index (χ1n) is 8.92. The van der Waals surface area contributed by atoms with Crippen LogP contribution >= 0.6 is 0 Å². The van der Waals surface area contributed by atoms with E-state index in [1.165, 1.54) is 30.1 Å². The van der Waals surface area contributed by atoms with E-state index in [1.54, 1.807) is 0 Å². The van der Waals surface area contributed by atoms with E-state index < -0.39 is 53.1 Å². The first kappa shape index (κ1) is 21.5. The van der Waals surface area contributed by atoms with Crippen LogP contribution in [-0.2, 0) is 9.59 Å². The Kier molecular flexibility index (Phi) is 5.95. The van der Waals surface area contributed by atoms with Crippen molar-refractivity contribution < 1.29 is 36.3 Å². The molecule has 0 spiro atoms. The number of likely N-dealkylation sites (tertiary alicyclic amines) is 1. The normalized spacial score (nSPS) is 19.5. The lowest BCUT2D eigenvalue weighted by atomic mass is 9.79. The zero-order valence-corrected chi connectivity index (χ0v) is 15.7. The number of rotatable bonds is 4. The number of benzene rings is 2. The lowest BCUT2D eigenvalue weighted by Crippen LogP contribution is -2.47. The predicted molar refractivity (Wildman–Crippen MR) is 96.6 cm³/mol. The summed E-state index contributed by atoms with van der Waals surface area (Å²) in [5, 5.41) is 2.24. The fraction of sp³-hybridized carbons (Fsp3) is 0.300. The minimum Gasteiger partial charge on any atom is -0.406 e. The molecule has 1 fully saturated rings. The van der Waals surface area contributed by atoms with Gasteiger partial charge in [0.05, 0.1) is 5.69 Å². The van der Waals surface area contributed by atoms with Gasteiger partial charge in [-0.15, -0.1) is 13.2 Å². The zero-order valence-electron chi connectivity index (χ0n) is 15.7. The predicted octanol–water partition coefficient (Wildman–Crippen LogP) is 4.06. The van der Waals surface area contributed by atoms with E-state index in [0.717, 1.165) is 24.3 Å². The molecular formula is C20H17F5N2O3. The molecule has 0 bridgehead atoms. The summed E-state index contributed by atoms with van der Waals surface area (Å²) in [6.07, 6.45) is -4.49. The molecule has 0 saturated carbocycles. The Bertz CT molecular complexity index is 946. The number of amides is 2. The monoisotopic (exact) mass is 428 g/mol. The molecule has 1 heterocycles. The lowest BCUT2D eigenvalue weighted by Gasteiger charge is -2.35. The molecule has 160 valence electrons. The van der Waals surface area contributed by atoms with Crippen molar-refractivity contribution in [1.82, 2.24) is 4.90 Å². The van der Waals surface area contributed by atoms with Gasteiger partial charge in [0.1, 0.15) is 11.7 Å². The molecule has 30 heavy (non-hydrogen) atoms. The van der Waals surface area contributed by atoms with Crippen LogP contribution in [0.1, 0.15) is 17.9 Å². The van der Waals surface area contributed by atoms with E-state index >= 15 is 0 Å². The van der Waals surface area contributed by atoms with Crippen molar-refractivity contribution >= 4 is 17.5 Å². The van der Waals surface area contributed by atoms with E-state index in [9.17, 15) is 31.5 Å². The molecule has 0 radical (unpaired) electrons. The number of piperidine rings is 1. The van der Waals surface area contributed by atoms with Gasteiger partial charge in [-0.05, 0) is 36.2 Å². The van der Waals surface area contributed by atoms with Gasteiger partial charge < -0.3 is 15.0 Å². The number of ether oxygens (including phenoxy) is 1. The van der Waals surface area contributed by atoms with Crippen molar-refractivity contribution in [2.24, 2.45) is 5.92 Å². The average molecular weight is 428 g/mol. The molecule has 2 amide bonds. The minimum atomic E-state index is -4.84. The lowest BCUT2D eigenvalue weighted by molar-refractivity contribution is -0.274. The standard InChI is InChI=1S/C20H17F5N2O3/c1-27-10-9-13(11-5-7-12(8-6-11)30-20(23,24)25)16(19(27)29)18(28)26-15-4-2-3-14(21)17(15)22/h2-8,13,16H,9-10H2,1H3,(H,26,28)/t13-,16+/m1/s1. The number of carbonyl (C=O) groups is 2. The number of nitrogens with zero attached hydrogens (tertiary/aromatic N) is 1. The number of alkyl halides is 3. The Hall–Kier alpha value is -3.17. The van der Waals surface area contributed by atoms with Crippen molar-refractivity contribution in [3.63, 3.8) is 0 Å². The minimum absolute atomic E-state index is 0.322. The third-order valence-electron chi connectivity index (χ3n) is 4.85. The van der Waals surface area contributed by atoms with E-state index in [0.29, 0.717) is 18.5 Å². The van der Waals surface area contributed by atoms with Crippen molar-refractivity contribution in [3.8, 4) is 5.75 Å². The second-order valence-electron chi connectivity index (χ2n) is 6.84. The molecule has 2 aromatic carbocycles. The van der Waals surface area contributed by atoms with Gasteiger partial charge in [0, 0.05) is 19.5 Å². The summed E-state index contributed by atoms with van der Waals surface area (Å²) < 4.78 is 68.2. The molecule has 1 aliphatic heterocycles. The van der Waals surface area contributed by atoms with Gasteiger partial charge in [0.2, 0.25) is 11.8 Å². The fourth-order valence-electron chi connectivity index (χ4n) is 3.40. The maximum absolute atomic E-state index is 13.9. The highest BCUT2D eigenvalue weighted by atomic mass is 19.4. The van der Waals surface area contributed by atoms with Crippen LogP contribution in [0.4, 0.5) is 27.6 Å². The first-order chi connectivity index (χ1) is 14.1. The molecule has 2 atom stereocenters. The van der Waals surface area contributed by atoms with Gasteiger partial charge in [-0.1, -0.05) is 18.2 Å². The molecule has 1 aliphatic rings. The average Bonchev–Trinajstić information content (AvgIpc) is 2.67. The van der Waals surface area contributed by atoms with E-state index in [-0.39, 0.29) is 0 Å². The van der Waals surface area contributed by atoms with Crippen LogP contribution in [0.2, 0.25) is 0 Å². The van der Waals surface area contributed by atoms with E-state index in [1.807, 2.05) is 0 Å². The van der Waals surface area contributed by atoms with Crippen molar-refractivity contribution in [1.29, 1.82) is 0 Å². The highest BCUT2D eigenvalue weighted by Crippen LogP contribution is 2.36. The third-order valence-corrected chi connectivity index (χ3v) is 4.85. The summed E-state index contributed by atoms with van der Waals surface area (Å²) in [6, 6.07) is 8.11. The number of hydrogen-bond acceptors (Lipinski definition) is 3. The largest absolute Gasteiger partial charge is 0.573 e. The van der Waals surface area contributed by atoms with Gasteiger partial charge in [-0.25, -0.2) is 8.78 Å². The second kappa shape index (κ2) is 8.29. The quantitative estimate of drug-likeness (QED) is 0.590. The third kappa shape index (κ3) is 4.69. The van der Waals surface area contributed by atoms with Gasteiger partial charge in [0.25, 0.3) is 0 Å². The van der Waals surface area contributed by atoms with Gasteiger partial charge in [-0.3, -0.25) is 9.59 Å². The van der Waals surface area contributed by atoms with Crippen LogP contribution in [-0.4, -0.2) is 36.7 Å². The molecule has 1 saturated heterocycles. The Balaban J connectivity index is 1.86. The van der Waals surface area contributed by atoms with Crippen LogP contribution < -0.4 is 10.1 Å². The zero-order chi connectivity index (χ0) is 22.1. The number of anilines is 1. The number of halogens is 5. The smallest absolute Gasteiger partial charge is 0.406 e. The molecule has 1 N–H and O–H groups in total. The molecule has 0 aromatic heterocycles. The Morgan fingerprint density at radius 2 is 1.80 bits per heavy atom. The summed E-state index contributed by atoms with van der Waals surface area (Å²) >= 11 is 0. The molecular weight excluding hydrogens is 411 g/mol. The van der Waals surface area contributed by atoms with Crippen LogP contribution in [0, 0.1) is 17.6 Å². The first-order valence-corrected chi connectivity index (χ1v) is 8.92. The summed E-state index contributed by atoms with van der Waals surface area (Å²) in [5.74, 6) is -6.14. The number of nitrogens with one attached hydrogen (secondary N) is 1. The molecule has 10 heteroatoms. The number of carbonyl (C=O) groups excluding carboxylic acids is 2. The van der Waals surface area contributed by atoms with Crippen molar-refractivity contribution in [2.75, 3.05) is 18.9 Å². The Morgan fingerprint density at radius 1 is 1.13 bits per heavy atom. The fourth-order valence-corrected chi connectivity index (χ4v) is 3.40. The highest BCUT2D eigenvalue weighted by molar-refractivity contribution is 6.07. The van der Waals surface area contributed by atoms with Crippen molar-refractivity contribution in [2.45, 2.75) is 18.7 Å². The summed E-state index contributed by atoms with van der Waals surface area (Å²) in [6.45, 7) is 0.322. The van der Waals surface area contributed by atoms with E-state index in [2.05, 4.69) is 10.1 Å². The number of hydrogen-bond donors (Lipinski definition) is 1. The molecule has 0 aliphatic carbocycles. The summed E-state index contributed by atoms with van der Waals surface area (Å²) in [4.78, 5) is 26.8. The summed E-state index contributed by atoms with van der Waals surface area (Å²) in [5.41, 5.74) is 0.0412. The van der Waals surface area contributed by atoms with Crippen LogP contribution in [0.5, 0.6) is 5.75 Å². The van der Waals surface area contributed by atoms with Gasteiger partial charge in [0.15, 0.2) is 11.6 Å². The molecule has 2 aromatic rings. The van der Waals surface area contributed by atoms with Crippen molar-refractivity contribution in [3.05, 3.63) is 59.7 Å². The second-order valence-corrected chi connectivity index (χ2v) is 6.84. The Morgan fingerprint density at radius 3 is 2.43 bits per heavy atom. The van der Waals surface area contributed by atoms with Gasteiger partial charge >= 0.3 is 6.36 Å². The van der Waals surface area contributed by atoms with Crippen LogP contribution in [0.25, 0.3) is 0 Å². The molecule has 3 rings (SSSR count). The van der Waals surface area contributed by atoms with E-state index in [4.69, 9.17) is 0 Å². The SMILES string of the molecule is CN1CC[C@H](c2ccc(OC(F)(F)F)cc2)[C@@H](C(=O)Nc2cccc(F)c2F)C1=O. The molecule has 5 nitrogen and oxygen atoms in total. The maximum Gasteiger partial charge on any atom is 0.573 e. The topological polar surface area (TPSA) is 58.6 Å². The van der Waals surface area contributed by atoms with Crippen LogP contribution in [0.15, 0.2) is 42.5 Å².